The number of nitrogens with two attached hydrogens (primary N) is 1. The van der Waals surface area contributed by atoms with Crippen molar-refractivity contribution in [2.45, 2.75) is 71.9 Å². The van der Waals surface area contributed by atoms with Gasteiger partial charge in [0.15, 0.2) is 0 Å². The molecule has 0 bridgehead atoms. The van der Waals surface area contributed by atoms with Crippen LogP contribution in [0.3, 0.4) is 0 Å². The van der Waals surface area contributed by atoms with Crippen molar-refractivity contribution in [1.82, 2.24) is 10.6 Å². The summed E-state index contributed by atoms with van der Waals surface area (Å²) < 4.78 is 0. The lowest BCUT2D eigenvalue weighted by Gasteiger charge is -2.45. The fourth-order valence-electron chi connectivity index (χ4n) is 3.58. The number of carbonyl (C=O) groups excluding carboxylic acids is 1. The van der Waals surface area contributed by atoms with E-state index in [2.05, 4.69) is 31.4 Å². The van der Waals surface area contributed by atoms with Crippen molar-refractivity contribution >= 4 is 6.03 Å². The zero-order valence-electron chi connectivity index (χ0n) is 13.4. The zero-order chi connectivity index (χ0) is 14.9. The summed E-state index contributed by atoms with van der Waals surface area (Å²) in [5, 5.41) is 5.83. The predicted octanol–water partition coefficient (Wildman–Crippen LogP) is 2.63. The highest BCUT2D eigenvalue weighted by atomic mass is 16.2. The number of carbonyl (C=O) groups is 1. The van der Waals surface area contributed by atoms with Crippen molar-refractivity contribution < 1.29 is 4.79 Å². The number of nitrogens with one attached hydrogen (secondary N) is 2. The van der Waals surface area contributed by atoms with E-state index in [1.54, 1.807) is 0 Å². The van der Waals surface area contributed by atoms with Gasteiger partial charge in [-0.05, 0) is 51.4 Å². The van der Waals surface area contributed by atoms with Crippen LogP contribution in [0.5, 0.6) is 0 Å². The molecule has 4 heteroatoms. The minimum atomic E-state index is -0.281. The summed E-state index contributed by atoms with van der Waals surface area (Å²) in [6.45, 7) is 13.2. The Kier molecular flexibility index (Phi) is 4.55. The van der Waals surface area contributed by atoms with Gasteiger partial charge in [-0.1, -0.05) is 20.8 Å². The minimum absolute atomic E-state index is 0.131. The van der Waals surface area contributed by atoms with E-state index in [0.29, 0.717) is 12.5 Å². The molecule has 0 saturated heterocycles. The molecule has 19 heavy (non-hydrogen) atoms. The van der Waals surface area contributed by atoms with Gasteiger partial charge < -0.3 is 16.4 Å². The summed E-state index contributed by atoms with van der Waals surface area (Å²) in [6, 6.07) is -0.131. The van der Waals surface area contributed by atoms with E-state index in [1.165, 1.54) is 6.42 Å². The number of hydrogen-bond acceptors (Lipinski definition) is 2. The topological polar surface area (TPSA) is 67.1 Å². The van der Waals surface area contributed by atoms with Gasteiger partial charge in [0.2, 0.25) is 0 Å². The highest BCUT2D eigenvalue weighted by Gasteiger charge is 2.40. The second kappa shape index (κ2) is 5.31. The summed E-state index contributed by atoms with van der Waals surface area (Å²) in [6.07, 6.45) is 3.15. The molecule has 0 aromatic rings. The summed E-state index contributed by atoms with van der Waals surface area (Å²) in [7, 11) is 0. The van der Waals surface area contributed by atoms with Crippen molar-refractivity contribution in [3.63, 3.8) is 0 Å². The van der Waals surface area contributed by atoms with Gasteiger partial charge in [-0.15, -0.1) is 0 Å². The SMILES string of the molecule is CC1CC(C)(C)CC(N)(CNC(=O)NC(C)(C)C)C1. The largest absolute Gasteiger partial charge is 0.336 e. The molecular formula is C15H31N3O. The third kappa shape index (κ3) is 5.81. The van der Waals surface area contributed by atoms with Crippen LogP contribution >= 0.6 is 0 Å². The Balaban J connectivity index is 2.53. The third-order valence-corrected chi connectivity index (χ3v) is 3.58. The van der Waals surface area contributed by atoms with E-state index in [9.17, 15) is 4.79 Å². The van der Waals surface area contributed by atoms with Crippen molar-refractivity contribution in [2.75, 3.05) is 6.54 Å². The maximum atomic E-state index is 11.8. The van der Waals surface area contributed by atoms with Gasteiger partial charge in [0.05, 0.1) is 0 Å². The van der Waals surface area contributed by atoms with Gasteiger partial charge >= 0.3 is 6.03 Å². The maximum absolute atomic E-state index is 11.8. The van der Waals surface area contributed by atoms with E-state index in [0.717, 1.165) is 12.8 Å². The van der Waals surface area contributed by atoms with Crippen LogP contribution in [-0.2, 0) is 0 Å². The Morgan fingerprint density at radius 2 is 1.89 bits per heavy atom. The normalized spacial score (nSPS) is 30.8. The smallest absolute Gasteiger partial charge is 0.315 e. The Bertz CT molecular complexity index is 333. The second-order valence-corrected chi connectivity index (χ2v) is 8.27. The standard InChI is InChI=1S/C15H31N3O/c1-11-7-14(5,6)9-15(16,8-11)10-17-12(19)18-13(2,3)4/h11H,7-10,16H2,1-6H3,(H2,17,18,19). The van der Waals surface area contributed by atoms with Crippen LogP contribution in [0.15, 0.2) is 0 Å². The molecule has 4 nitrogen and oxygen atoms in total. The number of amides is 2. The van der Waals surface area contributed by atoms with Gasteiger partial charge in [0.1, 0.15) is 0 Å². The van der Waals surface area contributed by atoms with Crippen LogP contribution in [0.4, 0.5) is 4.79 Å². The fraction of sp³-hybridized carbons (Fsp3) is 0.933. The van der Waals surface area contributed by atoms with Crippen molar-refractivity contribution in [1.29, 1.82) is 0 Å². The molecule has 2 unspecified atom stereocenters. The van der Waals surface area contributed by atoms with Crippen molar-refractivity contribution in [3.05, 3.63) is 0 Å². The van der Waals surface area contributed by atoms with Crippen LogP contribution in [0.2, 0.25) is 0 Å². The molecule has 0 radical (unpaired) electrons. The fourth-order valence-corrected chi connectivity index (χ4v) is 3.58. The van der Waals surface area contributed by atoms with Crippen LogP contribution in [0, 0.1) is 11.3 Å². The molecule has 112 valence electrons. The summed E-state index contributed by atoms with van der Waals surface area (Å²) >= 11 is 0. The number of hydrogen-bond donors (Lipinski definition) is 3. The lowest BCUT2D eigenvalue weighted by molar-refractivity contribution is 0.108. The lowest BCUT2D eigenvalue weighted by atomic mass is 9.64. The molecular weight excluding hydrogens is 238 g/mol. The summed E-state index contributed by atoms with van der Waals surface area (Å²) in [4.78, 5) is 11.8. The molecule has 1 aliphatic rings. The Hall–Kier alpha value is -0.770. The van der Waals surface area contributed by atoms with Crippen LogP contribution in [-0.4, -0.2) is 23.7 Å². The highest BCUT2D eigenvalue weighted by Crippen LogP contribution is 2.42. The summed E-state index contributed by atoms with van der Waals surface area (Å²) in [5.74, 6) is 0.612. The van der Waals surface area contributed by atoms with E-state index in [-0.39, 0.29) is 22.5 Å². The molecule has 2 amide bonds. The third-order valence-electron chi connectivity index (χ3n) is 3.58. The average molecular weight is 269 g/mol. The first-order chi connectivity index (χ1) is 8.41. The Labute approximate surface area is 117 Å². The molecule has 1 rings (SSSR count). The lowest BCUT2D eigenvalue weighted by Crippen LogP contribution is -2.58. The van der Waals surface area contributed by atoms with E-state index >= 15 is 0 Å². The van der Waals surface area contributed by atoms with Crippen molar-refractivity contribution in [3.8, 4) is 0 Å². The second-order valence-electron chi connectivity index (χ2n) is 8.27. The van der Waals surface area contributed by atoms with E-state index < -0.39 is 0 Å². The van der Waals surface area contributed by atoms with Gasteiger partial charge in [0, 0.05) is 17.6 Å². The molecule has 0 aliphatic heterocycles. The van der Waals surface area contributed by atoms with Gasteiger partial charge in [0.25, 0.3) is 0 Å². The Morgan fingerprint density at radius 1 is 1.32 bits per heavy atom. The molecule has 1 aliphatic carbocycles. The first-order valence-electron chi connectivity index (χ1n) is 7.26. The number of rotatable bonds is 2. The first-order valence-corrected chi connectivity index (χ1v) is 7.26. The molecule has 4 N–H and O–H groups in total. The van der Waals surface area contributed by atoms with E-state index in [1.807, 2.05) is 20.8 Å². The molecule has 1 saturated carbocycles. The van der Waals surface area contributed by atoms with E-state index in [4.69, 9.17) is 5.73 Å². The molecule has 0 aromatic heterocycles. The maximum Gasteiger partial charge on any atom is 0.315 e. The zero-order valence-corrected chi connectivity index (χ0v) is 13.4. The van der Waals surface area contributed by atoms with Gasteiger partial charge in [-0.25, -0.2) is 4.79 Å². The Morgan fingerprint density at radius 3 is 2.37 bits per heavy atom. The predicted molar refractivity (Wildman–Crippen MR) is 80.0 cm³/mol. The highest BCUT2D eigenvalue weighted by molar-refractivity contribution is 5.74. The first kappa shape index (κ1) is 16.3. The molecule has 2 atom stereocenters. The number of urea groups is 1. The van der Waals surface area contributed by atoms with Gasteiger partial charge in [-0.2, -0.15) is 0 Å². The van der Waals surface area contributed by atoms with Crippen LogP contribution < -0.4 is 16.4 Å². The van der Waals surface area contributed by atoms with Crippen molar-refractivity contribution in [2.24, 2.45) is 17.1 Å². The quantitative estimate of drug-likeness (QED) is 0.721. The monoisotopic (exact) mass is 269 g/mol. The average Bonchev–Trinajstić information content (AvgIpc) is 2.07. The molecule has 0 spiro atoms. The molecule has 1 fully saturated rings. The minimum Gasteiger partial charge on any atom is -0.336 e. The summed E-state index contributed by atoms with van der Waals surface area (Å²) in [5.41, 5.74) is 6.25. The molecule has 0 heterocycles. The molecule has 0 aromatic carbocycles. The van der Waals surface area contributed by atoms with Crippen LogP contribution in [0.25, 0.3) is 0 Å². The van der Waals surface area contributed by atoms with Gasteiger partial charge in [-0.3, -0.25) is 0 Å². The van der Waals surface area contributed by atoms with Crippen LogP contribution in [0.1, 0.15) is 60.8 Å².